The van der Waals surface area contributed by atoms with Gasteiger partial charge in [-0.2, -0.15) is 0 Å². The molecular weight excluding hydrogens is 595 g/mol. The van der Waals surface area contributed by atoms with E-state index in [1.807, 2.05) is 36.4 Å². The first kappa shape index (κ1) is 36.2. The molecule has 6 nitrogen and oxygen atoms in total. The first-order valence-corrected chi connectivity index (χ1v) is 14.5. The van der Waals surface area contributed by atoms with Crippen LogP contribution in [0.5, 0.6) is 11.5 Å². The number of carboxylic acids is 1. The molecule has 0 bridgehead atoms. The zero-order valence-corrected chi connectivity index (χ0v) is 27.7. The van der Waals surface area contributed by atoms with E-state index < -0.39 is 5.97 Å². The fourth-order valence-electron chi connectivity index (χ4n) is 4.89. The number of aliphatic imine (C=N–C) groups is 2. The van der Waals surface area contributed by atoms with E-state index >= 15 is 0 Å². The van der Waals surface area contributed by atoms with Gasteiger partial charge >= 0.3 is 0 Å². The van der Waals surface area contributed by atoms with Crippen LogP contribution in [0, 0.1) is 0 Å². The average molecular weight is 640 g/mol. The van der Waals surface area contributed by atoms with Crippen LogP contribution in [0.15, 0.2) is 88.8 Å². The van der Waals surface area contributed by atoms with Gasteiger partial charge in [-0.05, 0) is 56.8 Å². The summed E-state index contributed by atoms with van der Waals surface area (Å²) >= 11 is 0. The molecule has 0 heterocycles. The number of hydrogen-bond acceptors (Lipinski definition) is 5. The molecule has 1 radical (unpaired) electrons. The summed E-state index contributed by atoms with van der Waals surface area (Å²) in [6.07, 6.45) is 4.21. The van der Waals surface area contributed by atoms with E-state index in [1.54, 1.807) is 12.4 Å². The van der Waals surface area contributed by atoms with Crippen molar-refractivity contribution >= 4 is 29.2 Å². The van der Waals surface area contributed by atoms with E-state index in [1.165, 1.54) is 16.3 Å². The Bertz CT molecular complexity index is 1610. The minimum absolute atomic E-state index is 0. The summed E-state index contributed by atoms with van der Waals surface area (Å²) in [7, 11) is 0. The molecule has 0 saturated carbocycles. The van der Waals surface area contributed by atoms with Gasteiger partial charge in [-0.25, -0.2) is 0 Å². The maximum absolute atomic E-state index is 11.0. The third-order valence-electron chi connectivity index (χ3n) is 7.06. The Balaban J connectivity index is 0.00000127. The van der Waals surface area contributed by atoms with Crippen molar-refractivity contribution in [3.05, 3.63) is 107 Å². The molecule has 4 rings (SSSR count). The molecule has 0 fully saturated rings. The number of phenolic OH excluding ortho intramolecular Hbond substituents is 2. The normalized spacial score (nSPS) is 12.5. The summed E-state index contributed by atoms with van der Waals surface area (Å²) in [5.74, 6) is -0.295. The van der Waals surface area contributed by atoms with Crippen LogP contribution in [0.25, 0.3) is 10.8 Å². The summed E-state index contributed by atoms with van der Waals surface area (Å²) in [4.78, 5) is 18.7. The number of para-hydroxylation sites is 2. The molecule has 4 aromatic carbocycles. The molecule has 1 unspecified atom stereocenters. The van der Waals surface area contributed by atoms with Gasteiger partial charge in [0, 0.05) is 47.3 Å². The molecule has 44 heavy (non-hydrogen) atoms. The molecule has 0 aliphatic rings. The van der Waals surface area contributed by atoms with Gasteiger partial charge in [-0.3, -0.25) is 14.8 Å². The second-order valence-corrected chi connectivity index (χ2v) is 12.8. The van der Waals surface area contributed by atoms with Crippen LogP contribution in [0.1, 0.15) is 76.3 Å². The first-order valence-electron chi connectivity index (χ1n) is 14.5. The van der Waals surface area contributed by atoms with E-state index in [-0.39, 0.29) is 45.1 Å². The predicted molar refractivity (Wildman–Crippen MR) is 178 cm³/mol. The van der Waals surface area contributed by atoms with Crippen molar-refractivity contribution in [2.75, 3.05) is 6.54 Å². The molecule has 0 aliphatic carbocycles. The number of fused-ring (bicyclic) bond motifs is 1. The van der Waals surface area contributed by atoms with Crippen LogP contribution in [-0.2, 0) is 38.8 Å². The minimum Gasteiger partial charge on any atom is -0.507 e. The summed E-state index contributed by atoms with van der Waals surface area (Å²) in [5.41, 5.74) is 4.05. The molecule has 3 N–H and O–H groups in total. The Morgan fingerprint density at radius 3 is 1.77 bits per heavy atom. The number of benzene rings is 4. The third-order valence-corrected chi connectivity index (χ3v) is 7.06. The van der Waals surface area contributed by atoms with Gasteiger partial charge in [0.1, 0.15) is 11.5 Å². The fourth-order valence-corrected chi connectivity index (χ4v) is 4.89. The molecule has 7 heteroatoms. The van der Waals surface area contributed by atoms with Crippen molar-refractivity contribution in [1.29, 1.82) is 0 Å². The number of carbonyl (C=O) groups is 1. The van der Waals surface area contributed by atoms with Crippen molar-refractivity contribution in [2.24, 2.45) is 9.98 Å². The molecule has 0 spiro atoms. The van der Waals surface area contributed by atoms with Crippen molar-refractivity contribution in [2.45, 2.75) is 71.8 Å². The number of aromatic hydroxyl groups is 2. The quantitative estimate of drug-likeness (QED) is 0.178. The number of aliphatic carboxylic acids is 1. The largest absolute Gasteiger partial charge is 0.507 e. The van der Waals surface area contributed by atoms with Crippen LogP contribution >= 0.6 is 0 Å². The zero-order valence-electron chi connectivity index (χ0n) is 26.6. The molecule has 4 aromatic rings. The number of nitrogens with zero attached hydrogens (tertiary/aromatic N) is 2. The molecule has 0 aromatic heterocycles. The van der Waals surface area contributed by atoms with Crippen LogP contribution in [-0.4, -0.2) is 46.3 Å². The van der Waals surface area contributed by atoms with Crippen LogP contribution < -0.4 is 0 Å². The predicted octanol–water partition coefficient (Wildman–Crippen LogP) is 8.08. The molecule has 235 valence electrons. The smallest absolute Gasteiger partial charge is 0.300 e. The Labute approximate surface area is 271 Å². The zero-order chi connectivity index (χ0) is 31.8. The number of hydrogen-bond donors (Lipinski definition) is 3. The van der Waals surface area contributed by atoms with E-state index in [0.717, 1.165) is 18.1 Å². The number of carboxylic acid groups (broad SMARTS) is 1. The van der Waals surface area contributed by atoms with Crippen LogP contribution in [0.3, 0.4) is 0 Å². The van der Waals surface area contributed by atoms with E-state index in [0.29, 0.717) is 24.1 Å². The molecule has 1 atom stereocenters. The van der Waals surface area contributed by atoms with Gasteiger partial charge in [-0.1, -0.05) is 108 Å². The van der Waals surface area contributed by atoms with E-state index in [9.17, 15) is 10.2 Å². The van der Waals surface area contributed by atoms with E-state index in [4.69, 9.17) is 19.9 Å². The van der Waals surface area contributed by atoms with Gasteiger partial charge in [-0.15, -0.1) is 0 Å². The monoisotopic (exact) mass is 639 g/mol. The molecule has 0 saturated heterocycles. The Hall–Kier alpha value is -3.94. The van der Waals surface area contributed by atoms with Crippen molar-refractivity contribution in [1.82, 2.24) is 0 Å². The molecular formula is C37H44CoN2O4. The summed E-state index contributed by atoms with van der Waals surface area (Å²) in [6, 6.07) is 26.2. The maximum atomic E-state index is 11.0. The standard InChI is InChI=1S/C35H40N2O2.C2H4O2.Co/c1-34(2,3)30-18-10-15-26(32(30)38)21-36-23-28(20-25-14-9-13-24-12-7-8-17-29(24)25)37-22-27-16-11-19-31(33(27)39)35(4,5)6;1-2(3)4;/h7-19,21-22,28,38-39H,20,23H2,1-6H3;1H3,(H,3,4);. The number of rotatable bonds is 7. The van der Waals surface area contributed by atoms with Crippen LogP contribution in [0.2, 0.25) is 0 Å². The van der Waals surface area contributed by atoms with Crippen LogP contribution in [0.4, 0.5) is 0 Å². The fraction of sp³-hybridized carbons (Fsp3) is 0.324. The Morgan fingerprint density at radius 1 is 0.750 bits per heavy atom. The van der Waals surface area contributed by atoms with E-state index in [2.05, 4.69) is 84.0 Å². The summed E-state index contributed by atoms with van der Waals surface area (Å²) in [5, 5.41) is 31.7. The summed E-state index contributed by atoms with van der Waals surface area (Å²) in [6.45, 7) is 14.0. The second-order valence-electron chi connectivity index (χ2n) is 12.8. The first-order chi connectivity index (χ1) is 20.2. The Kier molecular flexibility index (Phi) is 12.9. The molecule has 0 amide bonds. The van der Waals surface area contributed by atoms with Gasteiger partial charge in [0.05, 0.1) is 12.6 Å². The SMILES string of the molecule is CC(=O)O.CC(C)(C)c1cccc(C=NCC(Cc2cccc3ccccc23)N=Cc2cccc(C(C)(C)C)c2O)c1O.[Co]. The van der Waals surface area contributed by atoms with Gasteiger partial charge in [0.15, 0.2) is 0 Å². The second kappa shape index (κ2) is 15.7. The number of phenols is 2. The topological polar surface area (TPSA) is 102 Å². The van der Waals surface area contributed by atoms with Crippen molar-refractivity contribution in [3.8, 4) is 11.5 Å². The molecule has 0 aliphatic heterocycles. The average Bonchev–Trinajstić information content (AvgIpc) is 2.91. The van der Waals surface area contributed by atoms with Crippen molar-refractivity contribution < 1.29 is 36.9 Å². The maximum Gasteiger partial charge on any atom is 0.300 e. The van der Waals surface area contributed by atoms with Crippen molar-refractivity contribution in [3.63, 3.8) is 0 Å². The van der Waals surface area contributed by atoms with Gasteiger partial charge in [0.2, 0.25) is 0 Å². The summed E-state index contributed by atoms with van der Waals surface area (Å²) < 4.78 is 0. The van der Waals surface area contributed by atoms with Gasteiger partial charge < -0.3 is 15.3 Å². The Morgan fingerprint density at radius 2 is 1.23 bits per heavy atom. The van der Waals surface area contributed by atoms with Gasteiger partial charge in [0.25, 0.3) is 5.97 Å². The third kappa shape index (κ3) is 10.1. The minimum atomic E-state index is -0.833.